The summed E-state index contributed by atoms with van der Waals surface area (Å²) in [4.78, 5) is 19.3. The summed E-state index contributed by atoms with van der Waals surface area (Å²) in [7, 11) is 1.66. The number of carbonyl (C=O) groups excluding carboxylic acids is 1. The fraction of sp³-hybridized carbons (Fsp3) is 0.212. The van der Waals surface area contributed by atoms with E-state index in [0.717, 1.165) is 17.8 Å². The number of amides is 1. The molecule has 0 bridgehead atoms. The van der Waals surface area contributed by atoms with Crippen molar-refractivity contribution in [3.8, 4) is 39.5 Å². The lowest BCUT2D eigenvalue weighted by atomic mass is 9.96. The Labute approximate surface area is 264 Å². The number of aliphatic hydroxyl groups excluding tert-OH is 1. The van der Waals surface area contributed by atoms with Crippen LogP contribution in [0.15, 0.2) is 60.5 Å². The Morgan fingerprint density at radius 1 is 1.09 bits per heavy atom. The van der Waals surface area contributed by atoms with Crippen LogP contribution in [-0.2, 0) is 18.4 Å². The van der Waals surface area contributed by atoms with Crippen LogP contribution in [-0.4, -0.2) is 60.2 Å². The van der Waals surface area contributed by atoms with Crippen LogP contribution in [0.5, 0.6) is 5.75 Å². The lowest BCUT2D eigenvalue weighted by Crippen LogP contribution is -2.40. The van der Waals surface area contributed by atoms with E-state index in [1.54, 1.807) is 28.8 Å². The highest BCUT2D eigenvalue weighted by Crippen LogP contribution is 2.47. The molecular weight excluding hydrogens is 617 g/mol. The van der Waals surface area contributed by atoms with E-state index < -0.39 is 17.6 Å². The van der Waals surface area contributed by atoms with Gasteiger partial charge in [0.15, 0.2) is 0 Å². The number of benzene rings is 2. The predicted molar refractivity (Wildman–Crippen MR) is 169 cm³/mol. The van der Waals surface area contributed by atoms with Gasteiger partial charge < -0.3 is 14.7 Å². The van der Waals surface area contributed by atoms with Crippen molar-refractivity contribution in [2.45, 2.75) is 19.5 Å². The minimum atomic E-state index is -0.877. The molecule has 1 aliphatic rings. The molecule has 1 atom stereocenters. The van der Waals surface area contributed by atoms with E-state index in [1.165, 1.54) is 22.1 Å². The predicted octanol–water partition coefficient (Wildman–Crippen LogP) is 6.26. The molecule has 0 spiro atoms. The van der Waals surface area contributed by atoms with Gasteiger partial charge in [-0.25, -0.2) is 13.8 Å². The van der Waals surface area contributed by atoms with Crippen LogP contribution in [0, 0.1) is 17.6 Å². The van der Waals surface area contributed by atoms with Crippen molar-refractivity contribution in [2.24, 2.45) is 7.05 Å². The molecule has 7 rings (SSSR count). The highest BCUT2D eigenvalue weighted by atomic mass is 32.1. The Balaban J connectivity index is 1.52. The second-order valence-corrected chi connectivity index (χ2v) is 11.8. The summed E-state index contributed by atoms with van der Waals surface area (Å²) >= 11 is 1.33. The normalized spacial score (nSPS) is 14.7. The second-order valence-electron chi connectivity index (χ2n) is 10.9. The zero-order valence-corrected chi connectivity index (χ0v) is 25.6. The molecule has 9 nitrogen and oxygen atoms in total. The molecule has 0 radical (unpaired) electrons. The summed E-state index contributed by atoms with van der Waals surface area (Å²) in [5, 5.41) is 21.0. The third kappa shape index (κ3) is 4.74. The van der Waals surface area contributed by atoms with Crippen molar-refractivity contribution in [1.29, 1.82) is 0 Å². The Morgan fingerprint density at radius 3 is 2.70 bits per heavy atom. The first-order valence-electron chi connectivity index (χ1n) is 14.5. The Hall–Kier alpha value is -5.01. The fourth-order valence-corrected chi connectivity index (χ4v) is 7.08. The number of halogens is 3. The van der Waals surface area contributed by atoms with E-state index in [1.807, 2.05) is 30.5 Å². The first-order valence-corrected chi connectivity index (χ1v) is 15.4. The zero-order chi connectivity index (χ0) is 32.3. The lowest BCUT2D eigenvalue weighted by molar-refractivity contribution is -0.129. The first-order chi connectivity index (χ1) is 22.2. The molecule has 0 saturated heterocycles. The quantitative estimate of drug-likeness (QED) is 0.206. The maximum atomic E-state index is 15.9. The third-order valence-corrected chi connectivity index (χ3v) is 9.20. The largest absolute Gasteiger partial charge is 0.490 e. The third-order valence-electron chi connectivity index (χ3n) is 8.26. The van der Waals surface area contributed by atoms with Gasteiger partial charge in [0.2, 0.25) is 11.9 Å². The molecule has 234 valence electrons. The number of hydrogen-bond acceptors (Lipinski definition) is 7. The number of thiophene rings is 1. The molecule has 46 heavy (non-hydrogen) atoms. The highest BCUT2D eigenvalue weighted by Gasteiger charge is 2.31. The minimum absolute atomic E-state index is 0.0346. The molecular formula is C33H27F3N6O3S. The monoisotopic (exact) mass is 644 g/mol. The number of nitrogens with zero attached hydrogens (tertiary/aromatic N) is 6. The molecule has 0 unspecified atom stereocenters. The molecule has 1 amide bonds. The molecule has 6 aromatic rings. The second kappa shape index (κ2) is 11.4. The van der Waals surface area contributed by atoms with Gasteiger partial charge in [0.05, 0.1) is 47.0 Å². The van der Waals surface area contributed by atoms with Gasteiger partial charge in [-0.3, -0.25) is 14.2 Å². The number of aromatic nitrogens is 5. The van der Waals surface area contributed by atoms with Crippen molar-refractivity contribution >= 4 is 38.2 Å². The van der Waals surface area contributed by atoms with Crippen molar-refractivity contribution in [2.75, 3.05) is 19.8 Å². The fourth-order valence-electron chi connectivity index (χ4n) is 6.13. The van der Waals surface area contributed by atoms with Crippen LogP contribution < -0.4 is 4.74 Å². The highest BCUT2D eigenvalue weighted by molar-refractivity contribution is 7.18. The van der Waals surface area contributed by atoms with Crippen LogP contribution in [0.25, 0.3) is 54.8 Å². The van der Waals surface area contributed by atoms with Gasteiger partial charge in [0.1, 0.15) is 35.4 Å². The average molecular weight is 645 g/mol. The van der Waals surface area contributed by atoms with Gasteiger partial charge in [-0.1, -0.05) is 12.6 Å². The van der Waals surface area contributed by atoms with Gasteiger partial charge in [-0.05, 0) is 42.6 Å². The van der Waals surface area contributed by atoms with Gasteiger partial charge in [0, 0.05) is 46.9 Å². The molecule has 2 aromatic carbocycles. The molecule has 0 aliphatic carbocycles. The molecule has 4 aromatic heterocycles. The zero-order valence-electron chi connectivity index (χ0n) is 24.8. The van der Waals surface area contributed by atoms with Crippen LogP contribution in [0.1, 0.15) is 18.7 Å². The number of fused-ring (bicyclic) bond motifs is 3. The number of carbonyl (C=O) groups is 1. The molecule has 13 heteroatoms. The molecule has 1 aliphatic heterocycles. The number of hydrogen-bond donors (Lipinski definition) is 1. The van der Waals surface area contributed by atoms with Gasteiger partial charge in [-0.15, -0.1) is 16.4 Å². The average Bonchev–Trinajstić information content (AvgIpc) is 3.77. The number of aryl methyl sites for hydroxylation is 1. The number of ether oxygens (including phenoxy) is 1. The number of aliphatic hydroxyl groups is 1. The SMILES string of the molecule is C=CC(=O)N1CCn2nc(-c3nc(-c4ccc5c(c4)c(F)nn5C)c4ccsc4c3-c3c(F)cc(F)cc3OCCO)cc2[C@H]1C. The van der Waals surface area contributed by atoms with Gasteiger partial charge in [0.25, 0.3) is 0 Å². The van der Waals surface area contributed by atoms with Crippen molar-refractivity contribution in [1.82, 2.24) is 29.4 Å². The maximum absolute atomic E-state index is 15.9. The number of pyridine rings is 1. The van der Waals surface area contributed by atoms with Crippen molar-refractivity contribution in [3.05, 3.63) is 83.8 Å². The van der Waals surface area contributed by atoms with Gasteiger partial charge >= 0.3 is 0 Å². The first kappa shape index (κ1) is 29.7. The van der Waals surface area contributed by atoms with Gasteiger partial charge in [-0.2, -0.15) is 9.49 Å². The summed E-state index contributed by atoms with van der Waals surface area (Å²) in [5.74, 6) is -2.65. The Morgan fingerprint density at radius 2 is 1.91 bits per heavy atom. The van der Waals surface area contributed by atoms with Crippen LogP contribution in [0.2, 0.25) is 0 Å². The van der Waals surface area contributed by atoms with E-state index in [-0.39, 0.29) is 42.2 Å². The summed E-state index contributed by atoms with van der Waals surface area (Å²) in [6, 6.07) is 10.4. The molecule has 0 saturated carbocycles. The van der Waals surface area contributed by atoms with Crippen molar-refractivity contribution in [3.63, 3.8) is 0 Å². The maximum Gasteiger partial charge on any atom is 0.246 e. The van der Waals surface area contributed by atoms with Crippen molar-refractivity contribution < 1.29 is 27.8 Å². The number of rotatable bonds is 7. The summed E-state index contributed by atoms with van der Waals surface area (Å²) in [6.07, 6.45) is 1.27. The van der Waals surface area contributed by atoms with E-state index >= 15 is 4.39 Å². The Kier molecular flexibility index (Phi) is 7.36. The molecule has 5 heterocycles. The summed E-state index contributed by atoms with van der Waals surface area (Å²) < 4.78 is 54.8. The smallest absolute Gasteiger partial charge is 0.246 e. The van der Waals surface area contributed by atoms with E-state index in [9.17, 15) is 18.7 Å². The Bertz CT molecular complexity index is 2190. The van der Waals surface area contributed by atoms with Crippen LogP contribution in [0.4, 0.5) is 13.2 Å². The van der Waals surface area contributed by atoms with Crippen LogP contribution in [0.3, 0.4) is 0 Å². The molecule has 1 N–H and O–H groups in total. The standard InChI is InChI=1S/C33H27F3N6O3S/c1-4-27(44)41-8-9-42-25(17(41)2)16-23(38-42)31-29(28-22(35)14-19(34)15-26(28)45-11-10-43)32-20(7-12-46-32)30(37-31)18-5-6-24-21(13-18)33(36)39-40(24)3/h4-7,12-17,43H,1,8-11H2,2-3H3/t17-/m1/s1. The lowest BCUT2D eigenvalue weighted by Gasteiger charge is -2.33. The van der Waals surface area contributed by atoms with E-state index in [4.69, 9.17) is 14.8 Å². The molecule has 0 fully saturated rings. The topological polar surface area (TPSA) is 98.3 Å². The van der Waals surface area contributed by atoms with Crippen LogP contribution >= 0.6 is 11.3 Å². The van der Waals surface area contributed by atoms with E-state index in [0.29, 0.717) is 56.6 Å². The minimum Gasteiger partial charge on any atom is -0.490 e. The summed E-state index contributed by atoms with van der Waals surface area (Å²) in [5.41, 5.74) is 3.43. The van der Waals surface area contributed by atoms with E-state index in [2.05, 4.69) is 11.7 Å². The summed E-state index contributed by atoms with van der Waals surface area (Å²) in [6.45, 7) is 5.77.